The minimum Gasteiger partial charge on any atom is -0.369 e. The number of hydrogen-bond donors (Lipinski definition) is 0. The van der Waals surface area contributed by atoms with Crippen LogP contribution in [-0.4, -0.2) is 10.6 Å². The van der Waals surface area contributed by atoms with Crippen LogP contribution in [-0.2, 0) is 11.3 Å². The summed E-state index contributed by atoms with van der Waals surface area (Å²) in [5, 5.41) is 1.04. The zero-order valence-electron chi connectivity index (χ0n) is 12.3. The minimum atomic E-state index is -0.121. The van der Waals surface area contributed by atoms with E-state index < -0.39 is 0 Å². The standard InChI is InChI=1S/C16H21NOS/c1-11-6-8-13(9-7-11)15-12(2)17-14(19-15)10-18-16(3,4)5/h6-9H,10H2,1-5H3. The molecule has 1 aromatic carbocycles. The Labute approximate surface area is 119 Å². The van der Waals surface area contributed by atoms with Gasteiger partial charge in [0.25, 0.3) is 0 Å². The zero-order valence-corrected chi connectivity index (χ0v) is 13.1. The number of hydrogen-bond acceptors (Lipinski definition) is 3. The van der Waals surface area contributed by atoms with Gasteiger partial charge in [0.05, 0.1) is 22.8 Å². The lowest BCUT2D eigenvalue weighted by molar-refractivity contribution is -0.0150. The first-order valence-corrected chi connectivity index (χ1v) is 7.34. The van der Waals surface area contributed by atoms with Crippen LogP contribution in [0, 0.1) is 13.8 Å². The van der Waals surface area contributed by atoms with E-state index in [4.69, 9.17) is 4.74 Å². The molecule has 0 N–H and O–H groups in total. The fourth-order valence-corrected chi connectivity index (χ4v) is 2.75. The molecule has 2 nitrogen and oxygen atoms in total. The molecule has 0 aliphatic heterocycles. The van der Waals surface area contributed by atoms with Crippen LogP contribution in [0.1, 0.15) is 37.0 Å². The van der Waals surface area contributed by atoms with Crippen molar-refractivity contribution >= 4 is 11.3 Å². The molecule has 0 saturated carbocycles. The van der Waals surface area contributed by atoms with Crippen molar-refractivity contribution in [3.8, 4) is 10.4 Å². The Morgan fingerprint density at radius 3 is 2.32 bits per heavy atom. The second-order valence-electron chi connectivity index (χ2n) is 5.79. The van der Waals surface area contributed by atoms with Gasteiger partial charge in [0.15, 0.2) is 0 Å². The Morgan fingerprint density at radius 2 is 1.74 bits per heavy atom. The van der Waals surface area contributed by atoms with Crippen LogP contribution in [0.4, 0.5) is 0 Å². The van der Waals surface area contributed by atoms with Gasteiger partial charge in [-0.25, -0.2) is 4.98 Å². The van der Waals surface area contributed by atoms with Crippen LogP contribution in [0.2, 0.25) is 0 Å². The smallest absolute Gasteiger partial charge is 0.119 e. The Kier molecular flexibility index (Phi) is 4.07. The third kappa shape index (κ3) is 3.88. The van der Waals surface area contributed by atoms with Gasteiger partial charge in [-0.3, -0.25) is 0 Å². The Hall–Kier alpha value is -1.19. The summed E-state index contributed by atoms with van der Waals surface area (Å²) in [5.41, 5.74) is 3.48. The summed E-state index contributed by atoms with van der Waals surface area (Å²) in [6.45, 7) is 10.9. The first kappa shape index (κ1) is 14.2. The third-order valence-corrected chi connectivity index (χ3v) is 3.96. The van der Waals surface area contributed by atoms with Crippen LogP contribution in [0.5, 0.6) is 0 Å². The molecular weight excluding hydrogens is 254 g/mol. The van der Waals surface area contributed by atoms with Crippen LogP contribution in [0.15, 0.2) is 24.3 Å². The number of benzene rings is 1. The van der Waals surface area contributed by atoms with E-state index in [1.165, 1.54) is 16.0 Å². The quantitative estimate of drug-likeness (QED) is 0.807. The first-order valence-electron chi connectivity index (χ1n) is 6.52. The van der Waals surface area contributed by atoms with Crippen molar-refractivity contribution < 1.29 is 4.74 Å². The van der Waals surface area contributed by atoms with Crippen LogP contribution in [0.25, 0.3) is 10.4 Å². The molecule has 0 aliphatic rings. The molecule has 102 valence electrons. The van der Waals surface area contributed by atoms with E-state index in [1.54, 1.807) is 11.3 Å². The van der Waals surface area contributed by atoms with E-state index in [1.807, 2.05) is 0 Å². The largest absolute Gasteiger partial charge is 0.369 e. The van der Waals surface area contributed by atoms with E-state index in [0.29, 0.717) is 6.61 Å². The van der Waals surface area contributed by atoms with E-state index >= 15 is 0 Å². The van der Waals surface area contributed by atoms with Crippen molar-refractivity contribution in [1.82, 2.24) is 4.98 Å². The van der Waals surface area contributed by atoms with Gasteiger partial charge in [0.2, 0.25) is 0 Å². The second-order valence-corrected chi connectivity index (χ2v) is 6.87. The molecule has 0 atom stereocenters. The molecule has 0 spiro atoms. The molecule has 0 saturated heterocycles. The van der Waals surface area contributed by atoms with E-state index in [0.717, 1.165) is 10.7 Å². The summed E-state index contributed by atoms with van der Waals surface area (Å²) in [6.07, 6.45) is 0. The minimum absolute atomic E-state index is 0.121. The molecule has 19 heavy (non-hydrogen) atoms. The van der Waals surface area contributed by atoms with Crippen molar-refractivity contribution in [2.75, 3.05) is 0 Å². The van der Waals surface area contributed by atoms with E-state index in [9.17, 15) is 0 Å². The average molecular weight is 275 g/mol. The van der Waals surface area contributed by atoms with Crippen LogP contribution < -0.4 is 0 Å². The Bertz CT molecular complexity index is 549. The summed E-state index contributed by atoms with van der Waals surface area (Å²) in [6, 6.07) is 8.59. The highest BCUT2D eigenvalue weighted by Gasteiger charge is 2.14. The molecule has 2 aromatic rings. The van der Waals surface area contributed by atoms with Gasteiger partial charge in [-0.15, -0.1) is 11.3 Å². The van der Waals surface area contributed by atoms with E-state index in [2.05, 4.69) is 63.9 Å². The fourth-order valence-electron chi connectivity index (χ4n) is 1.77. The van der Waals surface area contributed by atoms with Gasteiger partial charge >= 0.3 is 0 Å². The molecule has 2 rings (SSSR count). The molecule has 0 bridgehead atoms. The molecule has 0 fully saturated rings. The Morgan fingerprint density at radius 1 is 1.11 bits per heavy atom. The summed E-state index contributed by atoms with van der Waals surface area (Å²) < 4.78 is 5.79. The fraction of sp³-hybridized carbons (Fsp3) is 0.438. The molecule has 0 aliphatic carbocycles. The van der Waals surface area contributed by atoms with Crippen molar-refractivity contribution in [2.45, 2.75) is 46.8 Å². The van der Waals surface area contributed by atoms with Crippen molar-refractivity contribution in [2.24, 2.45) is 0 Å². The highest BCUT2D eigenvalue weighted by atomic mass is 32.1. The molecule has 0 unspecified atom stereocenters. The van der Waals surface area contributed by atoms with Gasteiger partial charge in [0, 0.05) is 0 Å². The molecule has 0 radical (unpaired) electrons. The number of aromatic nitrogens is 1. The maximum atomic E-state index is 5.79. The van der Waals surface area contributed by atoms with Crippen molar-refractivity contribution in [3.05, 3.63) is 40.5 Å². The molecule has 0 amide bonds. The monoisotopic (exact) mass is 275 g/mol. The topological polar surface area (TPSA) is 22.1 Å². The van der Waals surface area contributed by atoms with Gasteiger partial charge in [-0.05, 0) is 40.2 Å². The third-order valence-electron chi connectivity index (χ3n) is 2.78. The second kappa shape index (κ2) is 5.43. The van der Waals surface area contributed by atoms with Crippen LogP contribution >= 0.6 is 11.3 Å². The average Bonchev–Trinajstić information content (AvgIpc) is 2.68. The predicted molar refractivity (Wildman–Crippen MR) is 81.6 cm³/mol. The lowest BCUT2D eigenvalue weighted by Crippen LogP contribution is -2.18. The Balaban J connectivity index is 2.19. The van der Waals surface area contributed by atoms with Crippen molar-refractivity contribution in [1.29, 1.82) is 0 Å². The number of rotatable bonds is 3. The first-order chi connectivity index (χ1) is 8.85. The maximum absolute atomic E-state index is 5.79. The van der Waals surface area contributed by atoms with Gasteiger partial charge in [-0.1, -0.05) is 29.8 Å². The number of aryl methyl sites for hydroxylation is 2. The zero-order chi connectivity index (χ0) is 14.0. The van der Waals surface area contributed by atoms with Crippen LogP contribution in [0.3, 0.4) is 0 Å². The predicted octanol–water partition coefficient (Wildman–Crippen LogP) is 4.74. The number of ether oxygens (including phenoxy) is 1. The lowest BCUT2D eigenvalue weighted by atomic mass is 10.1. The maximum Gasteiger partial charge on any atom is 0.119 e. The summed E-state index contributed by atoms with van der Waals surface area (Å²) in [7, 11) is 0. The normalized spacial score (nSPS) is 11.8. The van der Waals surface area contributed by atoms with Gasteiger partial charge in [-0.2, -0.15) is 0 Å². The lowest BCUT2D eigenvalue weighted by Gasteiger charge is -2.18. The summed E-state index contributed by atoms with van der Waals surface area (Å²) in [4.78, 5) is 5.85. The SMILES string of the molecule is Cc1ccc(-c2sc(COC(C)(C)C)nc2C)cc1. The summed E-state index contributed by atoms with van der Waals surface area (Å²) in [5.74, 6) is 0. The highest BCUT2D eigenvalue weighted by Crippen LogP contribution is 2.31. The van der Waals surface area contributed by atoms with Gasteiger partial charge < -0.3 is 4.74 Å². The molecule has 1 heterocycles. The highest BCUT2D eigenvalue weighted by molar-refractivity contribution is 7.15. The van der Waals surface area contributed by atoms with Gasteiger partial charge in [0.1, 0.15) is 5.01 Å². The summed E-state index contributed by atoms with van der Waals surface area (Å²) >= 11 is 1.72. The molecular formula is C16H21NOS. The molecule has 3 heteroatoms. The molecule has 1 aromatic heterocycles. The van der Waals surface area contributed by atoms with Crippen molar-refractivity contribution in [3.63, 3.8) is 0 Å². The number of thiazole rings is 1. The number of nitrogens with zero attached hydrogens (tertiary/aromatic N) is 1. The van der Waals surface area contributed by atoms with E-state index in [-0.39, 0.29) is 5.60 Å².